The topological polar surface area (TPSA) is 52.6 Å². The van der Waals surface area contributed by atoms with Gasteiger partial charge < -0.3 is 14.3 Å². The molecule has 2 aliphatic rings. The molecule has 0 bridgehead atoms. The van der Waals surface area contributed by atoms with Gasteiger partial charge in [-0.25, -0.2) is 0 Å². The van der Waals surface area contributed by atoms with E-state index in [-0.39, 0.29) is 6.79 Å². The van der Waals surface area contributed by atoms with Crippen molar-refractivity contribution in [2.24, 2.45) is 0 Å². The predicted molar refractivity (Wildman–Crippen MR) is 77.1 cm³/mol. The Labute approximate surface area is 118 Å². The maximum absolute atomic E-state index is 10.3. The fourth-order valence-electron chi connectivity index (χ4n) is 1.54. The molecule has 1 aromatic rings. The zero-order chi connectivity index (χ0) is 14.8. The van der Waals surface area contributed by atoms with E-state index in [0.29, 0.717) is 17.1 Å². The summed E-state index contributed by atoms with van der Waals surface area (Å²) in [7, 11) is 0. The predicted octanol–water partition coefficient (Wildman–Crippen LogP) is 3.10. The third kappa shape index (κ3) is 4.57. The van der Waals surface area contributed by atoms with Crippen molar-refractivity contribution in [3.8, 4) is 11.5 Å². The number of aldehydes is 1. The largest absolute Gasteiger partial charge is 0.454 e. The molecule has 1 aliphatic carbocycles. The third-order valence-corrected chi connectivity index (χ3v) is 2.49. The molecule has 0 fully saturated rings. The Balaban J connectivity index is 0.000000193. The monoisotopic (exact) mass is 272 g/mol. The molecule has 0 unspecified atom stereocenters. The number of hydrogen-bond donors (Lipinski definition) is 0. The Bertz CT molecular complexity index is 529. The maximum Gasteiger partial charge on any atom is 0.231 e. The molecule has 0 spiro atoms. The van der Waals surface area contributed by atoms with Crippen molar-refractivity contribution in [3.05, 3.63) is 60.2 Å². The van der Waals surface area contributed by atoms with Crippen LogP contribution in [0.2, 0.25) is 0 Å². The quantitative estimate of drug-likeness (QED) is 0.737. The molecule has 0 saturated carbocycles. The summed E-state index contributed by atoms with van der Waals surface area (Å²) in [5.74, 6) is 1.35. The van der Waals surface area contributed by atoms with Crippen LogP contribution in [-0.4, -0.2) is 19.9 Å². The summed E-state index contributed by atoms with van der Waals surface area (Å²) in [5.41, 5.74) is 1.80. The normalized spacial score (nSPS) is 13.7. The minimum Gasteiger partial charge on any atom is -0.454 e. The average Bonchev–Trinajstić information content (AvgIpc) is 2.98. The fourth-order valence-corrected chi connectivity index (χ4v) is 1.54. The van der Waals surface area contributed by atoms with E-state index in [1.165, 1.54) is 5.57 Å². The van der Waals surface area contributed by atoms with Crippen LogP contribution in [0.5, 0.6) is 11.5 Å². The Morgan fingerprint density at radius 3 is 2.40 bits per heavy atom. The van der Waals surface area contributed by atoms with Crippen LogP contribution in [0, 0.1) is 0 Å². The number of allylic oxidation sites excluding steroid dienone is 5. The minimum absolute atomic E-state index is 0.248. The molecule has 104 valence electrons. The third-order valence-electron chi connectivity index (χ3n) is 2.49. The van der Waals surface area contributed by atoms with Gasteiger partial charge in [-0.1, -0.05) is 36.5 Å². The van der Waals surface area contributed by atoms with Gasteiger partial charge in [0.05, 0.1) is 0 Å². The lowest BCUT2D eigenvalue weighted by atomic mass is 10.1. The first kappa shape index (κ1) is 15.4. The Morgan fingerprint density at radius 2 is 1.85 bits per heavy atom. The van der Waals surface area contributed by atoms with Gasteiger partial charge >= 0.3 is 0 Å². The second kappa shape index (κ2) is 8.48. The molecule has 0 saturated heterocycles. The molecular weight excluding hydrogens is 256 g/mol. The van der Waals surface area contributed by atoms with Crippen molar-refractivity contribution in [3.63, 3.8) is 0 Å². The molecule has 1 aromatic carbocycles. The number of ether oxygens (including phenoxy) is 2. The first-order chi connectivity index (χ1) is 9.79. The molecule has 4 nitrogen and oxygen atoms in total. The molecule has 1 aliphatic heterocycles. The zero-order valence-corrected chi connectivity index (χ0v) is 11.1. The van der Waals surface area contributed by atoms with Crippen molar-refractivity contribution in [1.29, 1.82) is 0 Å². The maximum atomic E-state index is 10.3. The lowest BCUT2D eigenvalue weighted by Crippen LogP contribution is -1.92. The van der Waals surface area contributed by atoms with Crippen LogP contribution in [0.4, 0.5) is 0 Å². The highest BCUT2D eigenvalue weighted by Gasteiger charge is 2.12. The first-order valence-corrected chi connectivity index (χ1v) is 5.94. The lowest BCUT2D eigenvalue weighted by molar-refractivity contribution is -0.0979. The summed E-state index contributed by atoms with van der Waals surface area (Å²) in [6, 6.07) is 5.09. The molecule has 0 aromatic heterocycles. The van der Waals surface area contributed by atoms with Gasteiger partial charge in [-0.05, 0) is 24.6 Å². The number of carbonyl (C=O) groups excluding carboxylic acids is 2. The van der Waals surface area contributed by atoms with Crippen molar-refractivity contribution in [2.45, 2.75) is 6.42 Å². The van der Waals surface area contributed by atoms with E-state index in [2.05, 4.69) is 12.7 Å². The fraction of sp³-hybridized carbons (Fsp3) is 0.125. The van der Waals surface area contributed by atoms with Crippen molar-refractivity contribution in [1.82, 2.24) is 0 Å². The van der Waals surface area contributed by atoms with Crippen molar-refractivity contribution in [2.75, 3.05) is 6.79 Å². The van der Waals surface area contributed by atoms with Gasteiger partial charge in [-0.3, -0.25) is 4.79 Å². The zero-order valence-electron chi connectivity index (χ0n) is 11.1. The highest BCUT2D eigenvalue weighted by Crippen LogP contribution is 2.31. The Hall–Kier alpha value is -2.62. The summed E-state index contributed by atoms with van der Waals surface area (Å²) in [5, 5.41) is 0. The molecule has 0 radical (unpaired) electrons. The van der Waals surface area contributed by atoms with Gasteiger partial charge in [0, 0.05) is 5.56 Å². The molecule has 20 heavy (non-hydrogen) atoms. The van der Waals surface area contributed by atoms with Crippen LogP contribution in [-0.2, 0) is 4.79 Å². The molecule has 0 amide bonds. The van der Waals surface area contributed by atoms with E-state index >= 15 is 0 Å². The van der Waals surface area contributed by atoms with Crippen LogP contribution in [0.1, 0.15) is 16.8 Å². The highest BCUT2D eigenvalue weighted by molar-refractivity contribution is 5.76. The van der Waals surface area contributed by atoms with E-state index in [1.807, 2.05) is 25.0 Å². The highest BCUT2D eigenvalue weighted by atomic mass is 16.7. The van der Waals surface area contributed by atoms with E-state index in [4.69, 9.17) is 14.3 Å². The summed E-state index contributed by atoms with van der Waals surface area (Å²) in [4.78, 5) is 18.3. The van der Waals surface area contributed by atoms with Gasteiger partial charge in [0.2, 0.25) is 6.79 Å². The van der Waals surface area contributed by atoms with Crippen LogP contribution in [0.15, 0.2) is 54.7 Å². The molecule has 0 N–H and O–H groups in total. The molecule has 4 heteroatoms. The van der Waals surface area contributed by atoms with E-state index in [1.54, 1.807) is 18.2 Å². The van der Waals surface area contributed by atoms with Gasteiger partial charge in [0.25, 0.3) is 0 Å². The van der Waals surface area contributed by atoms with Crippen LogP contribution in [0.3, 0.4) is 0 Å². The number of rotatable bonds is 1. The summed E-state index contributed by atoms with van der Waals surface area (Å²) in [6.07, 6.45) is 9.97. The van der Waals surface area contributed by atoms with Gasteiger partial charge in [0.15, 0.2) is 11.5 Å². The summed E-state index contributed by atoms with van der Waals surface area (Å²) in [6.45, 7) is 6.02. The second-order valence-corrected chi connectivity index (χ2v) is 3.88. The number of carbonyl (C=O) groups is 2. The van der Waals surface area contributed by atoms with Crippen molar-refractivity contribution < 1.29 is 19.1 Å². The minimum atomic E-state index is 0.248. The van der Waals surface area contributed by atoms with Crippen molar-refractivity contribution >= 4 is 13.1 Å². The van der Waals surface area contributed by atoms with Gasteiger partial charge in [-0.15, -0.1) is 0 Å². The smallest absolute Gasteiger partial charge is 0.231 e. The SMILES string of the molecule is C=C1C=CC=CC1.C=O.O=Cc1ccc2c(c1)OCO2. The number of benzene rings is 1. The Morgan fingerprint density at radius 1 is 1.10 bits per heavy atom. The van der Waals surface area contributed by atoms with Crippen LogP contribution < -0.4 is 9.47 Å². The van der Waals surface area contributed by atoms with Crippen LogP contribution >= 0.6 is 0 Å². The summed E-state index contributed by atoms with van der Waals surface area (Å²) >= 11 is 0. The van der Waals surface area contributed by atoms with E-state index < -0.39 is 0 Å². The van der Waals surface area contributed by atoms with E-state index in [0.717, 1.165) is 12.7 Å². The molecule has 1 heterocycles. The van der Waals surface area contributed by atoms with Gasteiger partial charge in [-0.2, -0.15) is 0 Å². The first-order valence-electron chi connectivity index (χ1n) is 5.94. The summed E-state index contributed by atoms with van der Waals surface area (Å²) < 4.78 is 10.1. The lowest BCUT2D eigenvalue weighted by Gasteiger charge is -1.94. The number of fused-ring (bicyclic) bond motifs is 1. The average molecular weight is 272 g/mol. The Kier molecular flexibility index (Phi) is 6.54. The van der Waals surface area contributed by atoms with Crippen LogP contribution in [0.25, 0.3) is 0 Å². The standard InChI is InChI=1S/C8H6O3.C7H8.CH2O/c9-4-6-1-2-7-8(3-6)11-5-10-7;1-7-5-3-2-4-6-7;1-2/h1-4H,5H2;2-5H,1,6H2;1H2. The molecule has 0 atom stereocenters. The van der Waals surface area contributed by atoms with E-state index in [9.17, 15) is 4.79 Å². The molecular formula is C16H16O4. The number of hydrogen-bond acceptors (Lipinski definition) is 4. The second-order valence-electron chi connectivity index (χ2n) is 3.88. The van der Waals surface area contributed by atoms with Gasteiger partial charge in [0.1, 0.15) is 13.1 Å². The molecule has 3 rings (SSSR count).